The number of ether oxygens (including phenoxy) is 1. The molecule has 1 aromatic carbocycles. The van der Waals surface area contributed by atoms with E-state index in [9.17, 15) is 13.6 Å². The maximum atomic E-state index is 12.1. The normalized spacial score (nSPS) is 12.3. The molecule has 1 amide bonds. The molecule has 1 unspecified atom stereocenters. The highest BCUT2D eigenvalue weighted by molar-refractivity contribution is 6.20. The second-order valence-corrected chi connectivity index (χ2v) is 4.95. The number of rotatable bonds is 6. The minimum Gasteiger partial charge on any atom is -0.435 e. The van der Waals surface area contributed by atoms with Gasteiger partial charge in [0.05, 0.1) is 0 Å². The molecule has 0 saturated heterocycles. The Bertz CT molecular complexity index is 427. The predicted octanol–water partition coefficient (Wildman–Crippen LogP) is 3.38. The Morgan fingerprint density at radius 3 is 2.74 bits per heavy atom. The van der Waals surface area contributed by atoms with Crippen LogP contribution < -0.4 is 4.74 Å². The van der Waals surface area contributed by atoms with Gasteiger partial charge in [0, 0.05) is 24.5 Å². The van der Waals surface area contributed by atoms with E-state index >= 15 is 0 Å². The topological polar surface area (TPSA) is 29.5 Å². The zero-order valence-corrected chi connectivity index (χ0v) is 11.5. The molecule has 0 aliphatic heterocycles. The first-order valence-electron chi connectivity index (χ1n) is 5.84. The van der Waals surface area contributed by atoms with Crippen LogP contribution in [0.1, 0.15) is 23.7 Å². The van der Waals surface area contributed by atoms with Gasteiger partial charge >= 0.3 is 6.61 Å². The summed E-state index contributed by atoms with van der Waals surface area (Å²) < 4.78 is 28.4. The zero-order valence-electron chi connectivity index (χ0n) is 10.8. The van der Waals surface area contributed by atoms with Crippen molar-refractivity contribution in [1.29, 1.82) is 0 Å². The van der Waals surface area contributed by atoms with E-state index in [1.54, 1.807) is 13.1 Å². The van der Waals surface area contributed by atoms with Gasteiger partial charge in [0.25, 0.3) is 5.91 Å². The summed E-state index contributed by atoms with van der Waals surface area (Å²) in [5, 5.41) is -0.0243. The molecule has 0 aliphatic rings. The van der Waals surface area contributed by atoms with Gasteiger partial charge in [-0.3, -0.25) is 4.79 Å². The van der Waals surface area contributed by atoms with E-state index in [1.165, 1.54) is 23.1 Å². The van der Waals surface area contributed by atoms with Crippen molar-refractivity contribution in [3.05, 3.63) is 29.8 Å². The zero-order chi connectivity index (χ0) is 14.4. The third-order valence-corrected chi connectivity index (χ3v) is 2.73. The molecule has 1 aromatic rings. The molecule has 0 aromatic heterocycles. The van der Waals surface area contributed by atoms with E-state index in [2.05, 4.69) is 4.74 Å². The molecular weight excluding hydrogens is 276 g/mol. The quantitative estimate of drug-likeness (QED) is 0.752. The first-order valence-corrected chi connectivity index (χ1v) is 6.28. The fourth-order valence-corrected chi connectivity index (χ4v) is 1.60. The second-order valence-electron chi connectivity index (χ2n) is 4.20. The molecule has 6 heteroatoms. The standard InChI is InChI=1S/C13H16ClF2NO2/c1-9(14)6-7-17(2)12(18)10-4-3-5-11(8-10)19-13(15)16/h3-5,8-9,13H,6-7H2,1-2H3. The van der Waals surface area contributed by atoms with Crippen molar-refractivity contribution < 1.29 is 18.3 Å². The fourth-order valence-electron chi connectivity index (χ4n) is 1.50. The van der Waals surface area contributed by atoms with Crippen LogP contribution in [0.2, 0.25) is 0 Å². The summed E-state index contributed by atoms with van der Waals surface area (Å²) in [5.41, 5.74) is 0.308. The molecule has 0 spiro atoms. The van der Waals surface area contributed by atoms with E-state index in [4.69, 9.17) is 11.6 Å². The van der Waals surface area contributed by atoms with Crippen LogP contribution in [0.15, 0.2) is 24.3 Å². The number of carbonyl (C=O) groups is 1. The number of halogens is 3. The predicted molar refractivity (Wildman–Crippen MR) is 70.0 cm³/mol. The van der Waals surface area contributed by atoms with E-state index in [-0.39, 0.29) is 17.0 Å². The number of carbonyl (C=O) groups excluding carboxylic acids is 1. The largest absolute Gasteiger partial charge is 0.435 e. The summed E-state index contributed by atoms with van der Waals surface area (Å²) >= 11 is 5.81. The van der Waals surface area contributed by atoms with Gasteiger partial charge < -0.3 is 9.64 Å². The lowest BCUT2D eigenvalue weighted by molar-refractivity contribution is -0.0499. The Hall–Kier alpha value is -1.36. The van der Waals surface area contributed by atoms with Crippen LogP contribution in [0.5, 0.6) is 5.75 Å². The number of alkyl halides is 3. The molecule has 0 aliphatic carbocycles. The van der Waals surface area contributed by atoms with Crippen molar-refractivity contribution in [2.45, 2.75) is 25.3 Å². The molecule has 0 saturated carbocycles. The van der Waals surface area contributed by atoms with Gasteiger partial charge in [-0.25, -0.2) is 0 Å². The Morgan fingerprint density at radius 2 is 2.16 bits per heavy atom. The van der Waals surface area contributed by atoms with Gasteiger partial charge in [0.15, 0.2) is 0 Å². The molecular formula is C13H16ClF2NO2. The summed E-state index contributed by atoms with van der Waals surface area (Å²) in [6.07, 6.45) is 0.664. The summed E-state index contributed by atoms with van der Waals surface area (Å²) in [4.78, 5) is 13.5. The first-order chi connectivity index (χ1) is 8.90. The highest BCUT2D eigenvalue weighted by atomic mass is 35.5. The van der Waals surface area contributed by atoms with Crippen molar-refractivity contribution >= 4 is 17.5 Å². The van der Waals surface area contributed by atoms with Crippen LogP contribution >= 0.6 is 11.6 Å². The summed E-state index contributed by atoms with van der Waals surface area (Å²) in [6, 6.07) is 5.74. The second kappa shape index (κ2) is 7.28. The molecule has 1 atom stereocenters. The Kier molecular flexibility index (Phi) is 6.02. The van der Waals surface area contributed by atoms with Crippen molar-refractivity contribution in [3.8, 4) is 5.75 Å². The SMILES string of the molecule is CC(Cl)CCN(C)C(=O)c1cccc(OC(F)F)c1. The third kappa shape index (κ3) is 5.42. The van der Waals surface area contributed by atoms with Crippen LogP contribution in [0.4, 0.5) is 8.78 Å². The van der Waals surface area contributed by atoms with Crippen molar-refractivity contribution in [3.63, 3.8) is 0 Å². The van der Waals surface area contributed by atoms with E-state index in [0.29, 0.717) is 18.5 Å². The summed E-state index contributed by atoms with van der Waals surface area (Å²) in [7, 11) is 1.64. The fraction of sp³-hybridized carbons (Fsp3) is 0.462. The van der Waals surface area contributed by atoms with Gasteiger partial charge in [-0.2, -0.15) is 8.78 Å². The minimum atomic E-state index is -2.90. The third-order valence-electron chi connectivity index (χ3n) is 2.52. The monoisotopic (exact) mass is 291 g/mol. The van der Waals surface area contributed by atoms with Crippen LogP contribution in [0.25, 0.3) is 0 Å². The van der Waals surface area contributed by atoms with Crippen LogP contribution in [0.3, 0.4) is 0 Å². The number of nitrogens with zero attached hydrogens (tertiary/aromatic N) is 1. The number of benzene rings is 1. The van der Waals surface area contributed by atoms with Crippen molar-refractivity contribution in [2.24, 2.45) is 0 Å². The minimum absolute atomic E-state index is 0.0243. The van der Waals surface area contributed by atoms with Gasteiger partial charge in [0.1, 0.15) is 5.75 Å². The molecule has 0 heterocycles. The first kappa shape index (κ1) is 15.7. The molecule has 0 fully saturated rings. The lowest BCUT2D eigenvalue weighted by atomic mass is 10.2. The van der Waals surface area contributed by atoms with Crippen molar-refractivity contribution in [2.75, 3.05) is 13.6 Å². The molecule has 1 rings (SSSR count). The lowest BCUT2D eigenvalue weighted by Gasteiger charge is -2.18. The maximum absolute atomic E-state index is 12.1. The maximum Gasteiger partial charge on any atom is 0.387 e. The summed E-state index contributed by atoms with van der Waals surface area (Å²) in [6.45, 7) is -0.555. The Balaban J connectivity index is 2.70. The summed E-state index contributed by atoms with van der Waals surface area (Å²) in [5.74, 6) is -0.281. The number of amides is 1. The Morgan fingerprint density at radius 1 is 1.47 bits per heavy atom. The number of hydrogen-bond donors (Lipinski definition) is 0. The highest BCUT2D eigenvalue weighted by Gasteiger charge is 2.14. The van der Waals surface area contributed by atoms with Gasteiger partial charge in [-0.15, -0.1) is 11.6 Å². The van der Waals surface area contributed by atoms with Crippen LogP contribution in [0, 0.1) is 0 Å². The average Bonchev–Trinajstić information content (AvgIpc) is 2.34. The van der Waals surface area contributed by atoms with E-state index in [0.717, 1.165) is 0 Å². The van der Waals surface area contributed by atoms with Gasteiger partial charge in [-0.1, -0.05) is 6.07 Å². The average molecular weight is 292 g/mol. The smallest absolute Gasteiger partial charge is 0.387 e. The van der Waals surface area contributed by atoms with Crippen molar-refractivity contribution in [1.82, 2.24) is 4.90 Å². The molecule has 0 bridgehead atoms. The molecule has 106 valence electrons. The highest BCUT2D eigenvalue weighted by Crippen LogP contribution is 2.17. The number of hydrogen-bond acceptors (Lipinski definition) is 2. The van der Waals surface area contributed by atoms with E-state index in [1.807, 2.05) is 6.92 Å². The van der Waals surface area contributed by atoms with Crippen LogP contribution in [-0.4, -0.2) is 36.4 Å². The molecule has 0 radical (unpaired) electrons. The van der Waals surface area contributed by atoms with Gasteiger partial charge in [-0.05, 0) is 31.5 Å². The molecule has 0 N–H and O–H groups in total. The van der Waals surface area contributed by atoms with Crippen LogP contribution in [-0.2, 0) is 0 Å². The molecule has 19 heavy (non-hydrogen) atoms. The van der Waals surface area contributed by atoms with Gasteiger partial charge in [0.2, 0.25) is 0 Å². The Labute approximate surface area is 116 Å². The van der Waals surface area contributed by atoms with E-state index < -0.39 is 6.61 Å². The molecule has 3 nitrogen and oxygen atoms in total. The lowest BCUT2D eigenvalue weighted by Crippen LogP contribution is -2.28.